The third-order valence-electron chi connectivity index (χ3n) is 1.95. The summed E-state index contributed by atoms with van der Waals surface area (Å²) in [5.41, 5.74) is 0. The number of epoxide rings is 1. The van der Waals surface area contributed by atoms with E-state index in [9.17, 15) is 0 Å². The molecule has 0 saturated carbocycles. The summed E-state index contributed by atoms with van der Waals surface area (Å²) in [5, 5.41) is -0.172. The van der Waals surface area contributed by atoms with Gasteiger partial charge in [-0.3, -0.25) is 0 Å². The Kier molecular flexibility index (Phi) is 2.96. The lowest BCUT2D eigenvalue weighted by molar-refractivity contribution is 0.0950. The minimum Gasteiger partial charge on any atom is -0.379 e. The Morgan fingerprint density at radius 2 is 2.36 bits per heavy atom. The largest absolute Gasteiger partial charge is 0.379 e. The van der Waals surface area contributed by atoms with E-state index in [4.69, 9.17) is 17.3 Å². The zero-order valence-corrected chi connectivity index (χ0v) is 7.30. The van der Waals surface area contributed by atoms with Crippen molar-refractivity contribution in [2.45, 2.75) is 31.7 Å². The predicted octanol–water partition coefficient (Wildman–Crippen LogP) is 1.16. The Bertz CT molecular complexity index is 121. The van der Waals surface area contributed by atoms with Crippen LogP contribution in [0.2, 0.25) is 5.31 Å². The van der Waals surface area contributed by atoms with Crippen LogP contribution >= 0.6 is 0 Å². The van der Waals surface area contributed by atoms with Crippen LogP contribution < -0.4 is 0 Å². The molecular formula is C8H15BO2. The molecule has 0 aliphatic carbocycles. The van der Waals surface area contributed by atoms with Crippen molar-refractivity contribution in [3.05, 3.63) is 0 Å². The van der Waals surface area contributed by atoms with E-state index in [1.165, 1.54) is 0 Å². The third kappa shape index (κ3) is 3.78. The van der Waals surface area contributed by atoms with Gasteiger partial charge < -0.3 is 9.47 Å². The van der Waals surface area contributed by atoms with Gasteiger partial charge in [-0.25, -0.2) is 0 Å². The second-order valence-electron chi connectivity index (χ2n) is 3.48. The van der Waals surface area contributed by atoms with E-state index >= 15 is 0 Å². The van der Waals surface area contributed by atoms with Gasteiger partial charge in [0, 0.05) is 6.61 Å². The summed E-state index contributed by atoms with van der Waals surface area (Å²) < 4.78 is 10.4. The van der Waals surface area contributed by atoms with Crippen molar-refractivity contribution in [3.63, 3.8) is 0 Å². The molecule has 1 rings (SSSR count). The maximum Gasteiger partial charge on any atom is 0.104 e. The van der Waals surface area contributed by atoms with Crippen molar-refractivity contribution < 1.29 is 9.47 Å². The molecular weight excluding hydrogens is 139 g/mol. The van der Waals surface area contributed by atoms with Crippen LogP contribution in [0, 0.1) is 0 Å². The highest BCUT2D eigenvalue weighted by Gasteiger charge is 2.23. The van der Waals surface area contributed by atoms with Crippen molar-refractivity contribution in [3.8, 4) is 0 Å². The number of hydrogen-bond acceptors (Lipinski definition) is 2. The monoisotopic (exact) mass is 154 g/mol. The first-order chi connectivity index (χ1) is 5.14. The Balaban J connectivity index is 1.99. The fourth-order valence-corrected chi connectivity index (χ4v) is 0.690. The normalized spacial score (nSPS) is 28.0. The standard InChI is InChI=1S/C8H15BO2/c1-3-8(2,9)6-10-4-7-5-11-7/h7H,3-6H2,1-2H3. The molecule has 1 aliphatic heterocycles. The zero-order chi connectivity index (χ0) is 8.32. The van der Waals surface area contributed by atoms with Crippen LogP contribution in [-0.4, -0.2) is 33.8 Å². The van der Waals surface area contributed by atoms with Crippen LogP contribution in [0.25, 0.3) is 0 Å². The fourth-order valence-electron chi connectivity index (χ4n) is 0.690. The quantitative estimate of drug-likeness (QED) is 0.437. The first-order valence-electron chi connectivity index (χ1n) is 4.12. The van der Waals surface area contributed by atoms with Crippen molar-refractivity contribution in [1.29, 1.82) is 0 Å². The molecule has 62 valence electrons. The highest BCUT2D eigenvalue weighted by atomic mass is 16.6. The predicted molar refractivity (Wildman–Crippen MR) is 45.0 cm³/mol. The minimum absolute atomic E-state index is 0.172. The summed E-state index contributed by atoms with van der Waals surface area (Å²) in [4.78, 5) is 0. The van der Waals surface area contributed by atoms with Crippen LogP contribution in [0.15, 0.2) is 0 Å². The average Bonchev–Trinajstić information content (AvgIpc) is 2.71. The molecule has 1 saturated heterocycles. The van der Waals surface area contributed by atoms with E-state index in [2.05, 4.69) is 6.92 Å². The summed E-state index contributed by atoms with van der Waals surface area (Å²) in [7, 11) is 5.86. The van der Waals surface area contributed by atoms with Crippen LogP contribution in [0.1, 0.15) is 20.3 Å². The molecule has 0 aromatic heterocycles. The molecule has 0 aromatic rings. The molecule has 11 heavy (non-hydrogen) atoms. The van der Waals surface area contributed by atoms with Crippen molar-refractivity contribution in [1.82, 2.24) is 0 Å². The molecule has 2 atom stereocenters. The fraction of sp³-hybridized carbons (Fsp3) is 1.00. The highest BCUT2D eigenvalue weighted by Crippen LogP contribution is 2.25. The molecule has 1 fully saturated rings. The van der Waals surface area contributed by atoms with E-state index in [-0.39, 0.29) is 5.31 Å². The highest BCUT2D eigenvalue weighted by molar-refractivity contribution is 6.14. The third-order valence-corrected chi connectivity index (χ3v) is 1.95. The van der Waals surface area contributed by atoms with E-state index in [0.29, 0.717) is 19.3 Å². The molecule has 0 N–H and O–H groups in total. The van der Waals surface area contributed by atoms with Crippen LogP contribution in [0.5, 0.6) is 0 Å². The van der Waals surface area contributed by atoms with Gasteiger partial charge in [-0.1, -0.05) is 20.3 Å². The van der Waals surface area contributed by atoms with Gasteiger partial charge in [0.1, 0.15) is 6.10 Å². The SMILES string of the molecule is [B]C(C)(CC)COCC1CO1. The van der Waals surface area contributed by atoms with Gasteiger partial charge in [0.25, 0.3) is 0 Å². The van der Waals surface area contributed by atoms with Gasteiger partial charge in [-0.15, -0.1) is 0 Å². The van der Waals surface area contributed by atoms with Gasteiger partial charge in [0.05, 0.1) is 21.1 Å². The van der Waals surface area contributed by atoms with Crippen molar-refractivity contribution in [2.24, 2.45) is 0 Å². The molecule has 2 unspecified atom stereocenters. The van der Waals surface area contributed by atoms with Crippen LogP contribution in [-0.2, 0) is 9.47 Å². The molecule has 0 amide bonds. The second kappa shape index (κ2) is 3.59. The van der Waals surface area contributed by atoms with Crippen LogP contribution in [0.4, 0.5) is 0 Å². The van der Waals surface area contributed by atoms with E-state index in [0.717, 1.165) is 13.0 Å². The Labute approximate surface area is 69.7 Å². The van der Waals surface area contributed by atoms with Gasteiger partial charge in [-0.05, 0) is 5.31 Å². The second-order valence-corrected chi connectivity index (χ2v) is 3.48. The number of rotatable bonds is 5. The summed E-state index contributed by atoms with van der Waals surface area (Å²) in [6, 6.07) is 0. The summed E-state index contributed by atoms with van der Waals surface area (Å²) in [5.74, 6) is 0. The molecule has 2 radical (unpaired) electrons. The Morgan fingerprint density at radius 1 is 1.73 bits per heavy atom. The summed E-state index contributed by atoms with van der Waals surface area (Å²) in [6.07, 6.45) is 1.29. The average molecular weight is 154 g/mol. The molecule has 1 heterocycles. The van der Waals surface area contributed by atoms with Gasteiger partial charge >= 0.3 is 0 Å². The van der Waals surface area contributed by atoms with Crippen molar-refractivity contribution in [2.75, 3.05) is 19.8 Å². The lowest BCUT2D eigenvalue weighted by Gasteiger charge is -2.22. The topological polar surface area (TPSA) is 21.8 Å². The summed E-state index contributed by atoms with van der Waals surface area (Å²) in [6.45, 7) is 6.25. The zero-order valence-electron chi connectivity index (χ0n) is 7.30. The number of ether oxygens (including phenoxy) is 2. The Hall–Kier alpha value is -0.0151. The Morgan fingerprint density at radius 3 is 2.82 bits per heavy atom. The van der Waals surface area contributed by atoms with Gasteiger partial charge in [0.15, 0.2) is 0 Å². The first kappa shape index (κ1) is 9.08. The van der Waals surface area contributed by atoms with Gasteiger partial charge in [-0.2, -0.15) is 0 Å². The molecule has 1 aliphatic rings. The molecule has 2 nitrogen and oxygen atoms in total. The molecule has 3 heteroatoms. The first-order valence-corrected chi connectivity index (χ1v) is 4.12. The van der Waals surface area contributed by atoms with E-state index in [1.54, 1.807) is 0 Å². The van der Waals surface area contributed by atoms with Crippen LogP contribution in [0.3, 0.4) is 0 Å². The maximum absolute atomic E-state index is 5.86. The van der Waals surface area contributed by atoms with Gasteiger partial charge in [0.2, 0.25) is 0 Å². The smallest absolute Gasteiger partial charge is 0.104 e. The summed E-state index contributed by atoms with van der Waals surface area (Å²) >= 11 is 0. The van der Waals surface area contributed by atoms with E-state index in [1.807, 2.05) is 6.92 Å². The van der Waals surface area contributed by atoms with Crippen molar-refractivity contribution >= 4 is 7.85 Å². The lowest BCUT2D eigenvalue weighted by atomic mass is 9.69. The molecule has 0 bridgehead atoms. The maximum atomic E-state index is 5.86. The molecule has 0 aromatic carbocycles. The number of hydrogen-bond donors (Lipinski definition) is 0. The minimum atomic E-state index is -0.172. The van der Waals surface area contributed by atoms with E-state index < -0.39 is 0 Å². The molecule has 0 spiro atoms. The lowest BCUT2D eigenvalue weighted by Crippen LogP contribution is -2.16.